The number of hydrogen-bond acceptors (Lipinski definition) is 1. The van der Waals surface area contributed by atoms with Gasteiger partial charge in [0, 0.05) is 11.1 Å². The van der Waals surface area contributed by atoms with Crippen LogP contribution >= 0.6 is 0 Å². The molecule has 0 N–H and O–H groups in total. The molecule has 3 rings (SSSR count). The smallest absolute Gasteiger partial charge is 0.429 e. The highest BCUT2D eigenvalue weighted by Crippen LogP contribution is 2.33. The van der Waals surface area contributed by atoms with Gasteiger partial charge in [0.15, 0.2) is 0 Å². The van der Waals surface area contributed by atoms with Gasteiger partial charge in [0.1, 0.15) is 17.1 Å². The number of aryl methyl sites for hydroxylation is 2. The third kappa shape index (κ3) is 4.71. The second-order valence-electron chi connectivity index (χ2n) is 6.24. The average molecular weight is 366 g/mol. The first-order valence-electron chi connectivity index (χ1n) is 8.36. The molecule has 0 heterocycles. The maximum atomic E-state index is 14.3. The molecule has 0 spiro atoms. The summed E-state index contributed by atoms with van der Waals surface area (Å²) in [6, 6.07) is 17.0. The molecule has 1 nitrogen and oxygen atoms in total. The lowest BCUT2D eigenvalue weighted by Gasteiger charge is -2.19. The zero-order valence-electron chi connectivity index (χ0n) is 14.9. The Bertz CT molecular complexity index is 995. The summed E-state index contributed by atoms with van der Waals surface area (Å²) < 4.78 is 47.6. The van der Waals surface area contributed by atoms with Crippen molar-refractivity contribution in [1.82, 2.24) is 0 Å². The van der Waals surface area contributed by atoms with Gasteiger partial charge in [-0.1, -0.05) is 47.2 Å². The fraction of sp³-hybridized carbons (Fsp3) is 0.130. The average Bonchev–Trinajstić information content (AvgIpc) is 2.63. The van der Waals surface area contributed by atoms with Crippen molar-refractivity contribution in [3.05, 3.63) is 100 Å². The topological polar surface area (TPSA) is 9.23 Å². The Morgan fingerprint density at radius 3 is 1.85 bits per heavy atom. The minimum absolute atomic E-state index is 0.0340. The van der Waals surface area contributed by atoms with Crippen LogP contribution in [0.3, 0.4) is 0 Å². The maximum Gasteiger partial charge on any atom is 0.429 e. The lowest BCUT2D eigenvalue weighted by Crippen LogP contribution is -2.23. The molecule has 0 saturated carbocycles. The number of alkyl halides is 2. The van der Waals surface area contributed by atoms with E-state index in [0.29, 0.717) is 5.56 Å². The zero-order valence-corrected chi connectivity index (χ0v) is 14.9. The van der Waals surface area contributed by atoms with Crippen LogP contribution in [0.5, 0.6) is 5.75 Å². The summed E-state index contributed by atoms with van der Waals surface area (Å²) in [7, 11) is 0. The van der Waals surface area contributed by atoms with Gasteiger partial charge in [0.05, 0.1) is 0 Å². The van der Waals surface area contributed by atoms with E-state index < -0.39 is 17.5 Å². The standard InChI is InChI=1S/C23H17F3O/c1-16-3-7-18(8-4-16)9-10-19-11-14-21(22(24)15-19)23(25,26)27-20-12-5-17(2)6-13-20/h3-8,11-15H,1-2H3. The molecule has 4 heteroatoms. The second kappa shape index (κ2) is 7.59. The van der Waals surface area contributed by atoms with Crippen molar-refractivity contribution < 1.29 is 17.9 Å². The van der Waals surface area contributed by atoms with E-state index in [2.05, 4.69) is 11.8 Å². The zero-order chi connectivity index (χ0) is 19.4. The van der Waals surface area contributed by atoms with E-state index in [-0.39, 0.29) is 5.75 Å². The summed E-state index contributed by atoms with van der Waals surface area (Å²) in [5.74, 6) is 4.56. The Morgan fingerprint density at radius 1 is 0.741 bits per heavy atom. The minimum atomic E-state index is -3.79. The van der Waals surface area contributed by atoms with E-state index in [1.165, 1.54) is 18.2 Å². The third-order valence-electron chi connectivity index (χ3n) is 3.95. The largest absolute Gasteiger partial charge is 0.429 e. The Labute approximate surface area is 156 Å². The molecular formula is C23H17F3O. The summed E-state index contributed by atoms with van der Waals surface area (Å²) in [4.78, 5) is 0. The molecule has 0 amide bonds. The summed E-state index contributed by atoms with van der Waals surface area (Å²) in [6.07, 6.45) is -3.79. The van der Waals surface area contributed by atoms with Gasteiger partial charge in [-0.05, 0) is 56.3 Å². The Kier molecular flexibility index (Phi) is 5.23. The SMILES string of the molecule is Cc1ccc(C#Cc2ccc(C(F)(F)Oc3ccc(C)cc3)c(F)c2)cc1. The summed E-state index contributed by atoms with van der Waals surface area (Å²) in [5, 5.41) is 0. The Hall–Kier alpha value is -3.19. The van der Waals surface area contributed by atoms with Crippen LogP contribution < -0.4 is 4.74 Å². The molecule has 0 unspecified atom stereocenters. The number of benzene rings is 3. The van der Waals surface area contributed by atoms with Gasteiger partial charge in [-0.25, -0.2) is 4.39 Å². The van der Waals surface area contributed by atoms with Gasteiger partial charge < -0.3 is 4.74 Å². The van der Waals surface area contributed by atoms with Crippen LogP contribution in [-0.2, 0) is 6.11 Å². The number of ether oxygens (including phenoxy) is 1. The number of halogens is 3. The molecule has 136 valence electrons. The maximum absolute atomic E-state index is 14.3. The predicted molar refractivity (Wildman–Crippen MR) is 99.3 cm³/mol. The monoisotopic (exact) mass is 366 g/mol. The molecule has 3 aromatic rings. The van der Waals surface area contributed by atoms with Crippen molar-refractivity contribution in [2.75, 3.05) is 0 Å². The fourth-order valence-electron chi connectivity index (χ4n) is 2.42. The van der Waals surface area contributed by atoms with Gasteiger partial charge in [-0.3, -0.25) is 0 Å². The summed E-state index contributed by atoms with van der Waals surface area (Å²) in [5.41, 5.74) is 2.25. The summed E-state index contributed by atoms with van der Waals surface area (Å²) in [6.45, 7) is 3.79. The number of rotatable bonds is 3. The molecule has 0 bridgehead atoms. The second-order valence-corrected chi connectivity index (χ2v) is 6.24. The molecular weight excluding hydrogens is 349 g/mol. The van der Waals surface area contributed by atoms with Crippen LogP contribution in [0.1, 0.15) is 27.8 Å². The van der Waals surface area contributed by atoms with Crippen LogP contribution in [0, 0.1) is 31.5 Å². The normalized spacial score (nSPS) is 10.9. The molecule has 3 aromatic carbocycles. The van der Waals surface area contributed by atoms with Gasteiger partial charge in [-0.2, -0.15) is 8.78 Å². The van der Waals surface area contributed by atoms with Gasteiger partial charge in [0.2, 0.25) is 0 Å². The van der Waals surface area contributed by atoms with Crippen molar-refractivity contribution in [2.24, 2.45) is 0 Å². The van der Waals surface area contributed by atoms with Crippen LogP contribution in [0.15, 0.2) is 66.7 Å². The number of hydrogen-bond donors (Lipinski definition) is 0. The van der Waals surface area contributed by atoms with E-state index in [9.17, 15) is 13.2 Å². The van der Waals surface area contributed by atoms with Crippen molar-refractivity contribution in [2.45, 2.75) is 20.0 Å². The highest BCUT2D eigenvalue weighted by atomic mass is 19.3. The molecule has 0 radical (unpaired) electrons. The molecule has 0 saturated heterocycles. The molecule has 0 aromatic heterocycles. The van der Waals surface area contributed by atoms with E-state index >= 15 is 0 Å². The minimum Gasteiger partial charge on any atom is -0.429 e. The van der Waals surface area contributed by atoms with E-state index in [0.717, 1.165) is 28.8 Å². The van der Waals surface area contributed by atoms with Gasteiger partial charge in [0.25, 0.3) is 0 Å². The van der Waals surface area contributed by atoms with Crippen molar-refractivity contribution in [1.29, 1.82) is 0 Å². The Balaban J connectivity index is 1.81. The van der Waals surface area contributed by atoms with Crippen LogP contribution in [-0.4, -0.2) is 0 Å². The van der Waals surface area contributed by atoms with Crippen LogP contribution in [0.2, 0.25) is 0 Å². The van der Waals surface area contributed by atoms with E-state index in [1.54, 1.807) is 12.1 Å². The molecule has 0 aliphatic rings. The first kappa shape index (κ1) is 18.6. The fourth-order valence-corrected chi connectivity index (χ4v) is 2.42. The van der Waals surface area contributed by atoms with Crippen molar-refractivity contribution >= 4 is 0 Å². The lowest BCUT2D eigenvalue weighted by atomic mass is 10.1. The van der Waals surface area contributed by atoms with Gasteiger partial charge in [-0.15, -0.1) is 0 Å². The van der Waals surface area contributed by atoms with E-state index in [1.807, 2.05) is 38.1 Å². The first-order valence-corrected chi connectivity index (χ1v) is 8.36. The molecule has 27 heavy (non-hydrogen) atoms. The molecule has 0 aliphatic carbocycles. The third-order valence-corrected chi connectivity index (χ3v) is 3.95. The first-order chi connectivity index (χ1) is 12.8. The molecule has 0 fully saturated rings. The van der Waals surface area contributed by atoms with Crippen LogP contribution in [0.25, 0.3) is 0 Å². The molecule has 0 aliphatic heterocycles. The highest BCUT2D eigenvalue weighted by Gasteiger charge is 2.37. The molecule has 0 atom stereocenters. The Morgan fingerprint density at radius 2 is 1.26 bits per heavy atom. The quantitative estimate of drug-likeness (QED) is 0.519. The van der Waals surface area contributed by atoms with Gasteiger partial charge >= 0.3 is 6.11 Å². The predicted octanol–water partition coefficient (Wildman–Crippen LogP) is 5.97. The highest BCUT2D eigenvalue weighted by molar-refractivity contribution is 5.44. The summed E-state index contributed by atoms with van der Waals surface area (Å²) >= 11 is 0. The van der Waals surface area contributed by atoms with Crippen molar-refractivity contribution in [3.8, 4) is 17.6 Å². The van der Waals surface area contributed by atoms with E-state index in [4.69, 9.17) is 4.74 Å². The van der Waals surface area contributed by atoms with Crippen molar-refractivity contribution in [3.63, 3.8) is 0 Å². The lowest BCUT2D eigenvalue weighted by molar-refractivity contribution is -0.187. The van der Waals surface area contributed by atoms with Crippen LogP contribution in [0.4, 0.5) is 13.2 Å².